The average molecular weight is 265 g/mol. The Bertz CT molecular complexity index is 697. The molecule has 0 aromatic heterocycles. The van der Waals surface area contributed by atoms with Gasteiger partial charge in [-0.3, -0.25) is 0 Å². The molecular weight excluding hydrogens is 250 g/mol. The third-order valence-corrected chi connectivity index (χ3v) is 3.54. The lowest BCUT2D eigenvalue weighted by Crippen LogP contribution is -2.07. The summed E-state index contributed by atoms with van der Waals surface area (Å²) >= 11 is 0. The van der Waals surface area contributed by atoms with Crippen molar-refractivity contribution in [2.75, 3.05) is 0 Å². The molecule has 0 radical (unpaired) electrons. The van der Waals surface area contributed by atoms with Gasteiger partial charge in [-0.1, -0.05) is 30.3 Å². The first-order chi connectivity index (χ1) is 9.54. The Kier molecular flexibility index (Phi) is 3.86. The molecular formula is C17H15NO2. The van der Waals surface area contributed by atoms with E-state index in [1.165, 1.54) is 0 Å². The Morgan fingerprint density at radius 1 is 1.25 bits per heavy atom. The summed E-state index contributed by atoms with van der Waals surface area (Å²) in [4.78, 5) is 11.3. The van der Waals surface area contributed by atoms with Crippen molar-refractivity contribution in [2.24, 2.45) is 0 Å². The van der Waals surface area contributed by atoms with Crippen molar-refractivity contribution in [1.82, 2.24) is 0 Å². The lowest BCUT2D eigenvalue weighted by atomic mass is 9.89. The zero-order valence-electron chi connectivity index (χ0n) is 11.5. The highest BCUT2D eigenvalue weighted by molar-refractivity contribution is 5.91. The summed E-state index contributed by atoms with van der Waals surface area (Å²) in [7, 11) is 0. The molecule has 2 rings (SSSR count). The summed E-state index contributed by atoms with van der Waals surface area (Å²) in [5.74, 6) is -1.06. The highest BCUT2D eigenvalue weighted by atomic mass is 16.4. The molecule has 1 N–H and O–H groups in total. The molecule has 2 aromatic rings. The Hall–Kier alpha value is -2.60. The van der Waals surface area contributed by atoms with Gasteiger partial charge in [0.25, 0.3) is 0 Å². The van der Waals surface area contributed by atoms with Crippen LogP contribution in [-0.2, 0) is 6.42 Å². The second-order valence-corrected chi connectivity index (χ2v) is 4.80. The van der Waals surface area contributed by atoms with E-state index in [4.69, 9.17) is 0 Å². The molecule has 0 unspecified atom stereocenters. The maximum absolute atomic E-state index is 11.3. The van der Waals surface area contributed by atoms with E-state index in [9.17, 15) is 15.2 Å². The number of rotatable bonds is 3. The van der Waals surface area contributed by atoms with Crippen LogP contribution in [0.15, 0.2) is 36.4 Å². The van der Waals surface area contributed by atoms with Gasteiger partial charge in [-0.05, 0) is 48.6 Å². The van der Waals surface area contributed by atoms with Crippen molar-refractivity contribution in [1.29, 1.82) is 5.26 Å². The van der Waals surface area contributed by atoms with Crippen LogP contribution in [0.1, 0.15) is 38.2 Å². The van der Waals surface area contributed by atoms with Gasteiger partial charge in [0.15, 0.2) is 0 Å². The molecule has 0 saturated heterocycles. The third kappa shape index (κ3) is 2.55. The molecule has 0 fully saturated rings. The molecule has 0 aliphatic heterocycles. The number of hydrogen-bond donors (Lipinski definition) is 1. The van der Waals surface area contributed by atoms with Crippen LogP contribution in [0, 0.1) is 25.2 Å². The minimum Gasteiger partial charge on any atom is -0.478 e. The standard InChI is InChI=1S/C17H15NO2/c1-11-8-15(17(19)20)16(10-18)14(12(11)2)9-13-6-4-3-5-7-13/h3-8H,9H2,1-2H3,(H,19,20). The van der Waals surface area contributed by atoms with Gasteiger partial charge >= 0.3 is 5.97 Å². The highest BCUT2D eigenvalue weighted by Crippen LogP contribution is 2.25. The summed E-state index contributed by atoms with van der Waals surface area (Å²) in [6, 6.07) is 13.4. The fourth-order valence-electron chi connectivity index (χ4n) is 2.30. The molecule has 100 valence electrons. The predicted molar refractivity (Wildman–Crippen MR) is 76.8 cm³/mol. The maximum Gasteiger partial charge on any atom is 0.337 e. The Labute approximate surface area is 118 Å². The van der Waals surface area contributed by atoms with Crippen molar-refractivity contribution in [3.63, 3.8) is 0 Å². The van der Waals surface area contributed by atoms with Crippen molar-refractivity contribution >= 4 is 5.97 Å². The fraction of sp³-hybridized carbons (Fsp3) is 0.176. The van der Waals surface area contributed by atoms with Gasteiger partial charge in [0.2, 0.25) is 0 Å². The van der Waals surface area contributed by atoms with Crippen LogP contribution in [0.3, 0.4) is 0 Å². The molecule has 3 nitrogen and oxygen atoms in total. The first kappa shape index (κ1) is 13.8. The first-order valence-electron chi connectivity index (χ1n) is 6.35. The largest absolute Gasteiger partial charge is 0.478 e. The van der Waals surface area contributed by atoms with Crippen LogP contribution in [0.4, 0.5) is 0 Å². The number of nitriles is 1. The van der Waals surface area contributed by atoms with Crippen LogP contribution in [0.2, 0.25) is 0 Å². The van der Waals surface area contributed by atoms with Gasteiger partial charge in [-0.2, -0.15) is 5.26 Å². The lowest BCUT2D eigenvalue weighted by Gasteiger charge is -2.13. The molecule has 0 atom stereocenters. The number of carbonyl (C=O) groups is 1. The number of nitrogens with zero attached hydrogens (tertiary/aromatic N) is 1. The first-order valence-corrected chi connectivity index (χ1v) is 6.35. The minimum absolute atomic E-state index is 0.0848. The van der Waals surface area contributed by atoms with E-state index in [2.05, 4.69) is 6.07 Å². The number of benzene rings is 2. The third-order valence-electron chi connectivity index (χ3n) is 3.54. The van der Waals surface area contributed by atoms with Gasteiger partial charge in [-0.25, -0.2) is 4.79 Å². The van der Waals surface area contributed by atoms with Crippen LogP contribution in [0.25, 0.3) is 0 Å². The molecule has 3 heteroatoms. The van der Waals surface area contributed by atoms with E-state index < -0.39 is 5.97 Å². The van der Waals surface area contributed by atoms with E-state index in [0.717, 1.165) is 22.3 Å². The Balaban J connectivity index is 2.62. The van der Waals surface area contributed by atoms with E-state index in [-0.39, 0.29) is 11.1 Å². The molecule has 0 saturated carbocycles. The van der Waals surface area contributed by atoms with Crippen molar-refractivity contribution in [3.05, 3.63) is 69.8 Å². The summed E-state index contributed by atoms with van der Waals surface area (Å²) in [6.45, 7) is 3.80. The fourth-order valence-corrected chi connectivity index (χ4v) is 2.30. The summed E-state index contributed by atoms with van der Waals surface area (Å²) in [5, 5.41) is 18.6. The van der Waals surface area contributed by atoms with Crippen molar-refractivity contribution < 1.29 is 9.90 Å². The Morgan fingerprint density at radius 3 is 2.45 bits per heavy atom. The van der Waals surface area contributed by atoms with E-state index >= 15 is 0 Å². The number of hydrogen-bond acceptors (Lipinski definition) is 2. The monoisotopic (exact) mass is 265 g/mol. The number of aromatic carboxylic acids is 1. The maximum atomic E-state index is 11.3. The SMILES string of the molecule is Cc1cc(C(=O)O)c(C#N)c(Cc2ccccc2)c1C. The topological polar surface area (TPSA) is 61.1 Å². The van der Waals surface area contributed by atoms with Gasteiger partial charge in [0.05, 0.1) is 11.1 Å². The summed E-state index contributed by atoms with van der Waals surface area (Å²) < 4.78 is 0. The minimum atomic E-state index is -1.06. The second kappa shape index (κ2) is 5.58. The molecule has 0 amide bonds. The zero-order chi connectivity index (χ0) is 14.7. The number of carboxylic acids is 1. The number of aryl methyl sites for hydroxylation is 1. The van der Waals surface area contributed by atoms with Gasteiger partial charge in [0, 0.05) is 0 Å². The van der Waals surface area contributed by atoms with Crippen LogP contribution in [0.5, 0.6) is 0 Å². The Morgan fingerprint density at radius 2 is 1.90 bits per heavy atom. The van der Waals surface area contributed by atoms with Crippen LogP contribution < -0.4 is 0 Å². The zero-order valence-corrected chi connectivity index (χ0v) is 11.5. The molecule has 0 spiro atoms. The normalized spacial score (nSPS) is 10.1. The van der Waals surface area contributed by atoms with E-state index in [0.29, 0.717) is 6.42 Å². The molecule has 0 heterocycles. The quantitative estimate of drug-likeness (QED) is 0.924. The van der Waals surface area contributed by atoms with E-state index in [1.807, 2.05) is 44.2 Å². The smallest absolute Gasteiger partial charge is 0.337 e. The van der Waals surface area contributed by atoms with Crippen molar-refractivity contribution in [3.8, 4) is 6.07 Å². The molecule has 0 aliphatic rings. The summed E-state index contributed by atoms with van der Waals surface area (Å²) in [5.41, 5.74) is 4.10. The summed E-state index contributed by atoms with van der Waals surface area (Å²) in [6.07, 6.45) is 0.567. The van der Waals surface area contributed by atoms with Gasteiger partial charge < -0.3 is 5.11 Å². The average Bonchev–Trinajstić information content (AvgIpc) is 2.44. The molecule has 0 aliphatic carbocycles. The molecule has 0 bridgehead atoms. The molecule has 20 heavy (non-hydrogen) atoms. The van der Waals surface area contributed by atoms with Crippen LogP contribution >= 0.6 is 0 Å². The predicted octanol–water partition coefficient (Wildman–Crippen LogP) is 3.46. The lowest BCUT2D eigenvalue weighted by molar-refractivity contribution is 0.0696. The number of carboxylic acid groups (broad SMARTS) is 1. The van der Waals surface area contributed by atoms with Crippen LogP contribution in [-0.4, -0.2) is 11.1 Å². The van der Waals surface area contributed by atoms with Crippen molar-refractivity contribution in [2.45, 2.75) is 20.3 Å². The van der Waals surface area contributed by atoms with Gasteiger partial charge in [-0.15, -0.1) is 0 Å². The van der Waals surface area contributed by atoms with Gasteiger partial charge in [0.1, 0.15) is 6.07 Å². The highest BCUT2D eigenvalue weighted by Gasteiger charge is 2.18. The second-order valence-electron chi connectivity index (χ2n) is 4.80. The molecule has 2 aromatic carbocycles. The van der Waals surface area contributed by atoms with E-state index in [1.54, 1.807) is 6.07 Å².